The number of carbonyl (C=O) groups excluding carboxylic acids is 2. The molecule has 0 unspecified atom stereocenters. The molecule has 0 saturated carbocycles. The first-order chi connectivity index (χ1) is 15.6. The molecule has 33 heavy (non-hydrogen) atoms. The molecule has 0 aromatic heterocycles. The van der Waals surface area contributed by atoms with Crippen molar-refractivity contribution in [2.75, 3.05) is 7.11 Å². The van der Waals surface area contributed by atoms with E-state index in [0.717, 1.165) is 0 Å². The van der Waals surface area contributed by atoms with E-state index in [1.165, 1.54) is 49.6 Å². The number of hydrogen-bond donors (Lipinski definition) is 3. The minimum Gasteiger partial charge on any atom is -0.497 e. The summed E-state index contributed by atoms with van der Waals surface area (Å²) in [5.41, 5.74) is 0.0464. The number of amides is 2. The highest BCUT2D eigenvalue weighted by Crippen LogP contribution is 2.17. The Labute approximate surface area is 190 Å². The maximum Gasteiger partial charge on any atom is 0.326 e. The molecule has 0 radical (unpaired) electrons. The Hall–Kier alpha value is -4.21. The van der Waals surface area contributed by atoms with E-state index in [-0.39, 0.29) is 34.9 Å². The van der Waals surface area contributed by atoms with E-state index in [0.29, 0.717) is 5.75 Å². The van der Waals surface area contributed by atoms with Crippen molar-refractivity contribution in [3.05, 3.63) is 75.5 Å². The van der Waals surface area contributed by atoms with E-state index in [2.05, 4.69) is 10.6 Å². The normalized spacial score (nSPS) is 12.1. The van der Waals surface area contributed by atoms with Gasteiger partial charge in [0.25, 0.3) is 17.5 Å². The number of carbonyl (C=O) groups is 3. The number of nitrogens with zero attached hydrogens (tertiary/aromatic N) is 1. The van der Waals surface area contributed by atoms with Crippen LogP contribution in [0.3, 0.4) is 0 Å². The molecular formula is C23H25N3O7. The van der Waals surface area contributed by atoms with Crippen molar-refractivity contribution < 1.29 is 29.2 Å². The van der Waals surface area contributed by atoms with E-state index in [1.807, 2.05) is 13.8 Å². The minimum atomic E-state index is -1.21. The number of benzene rings is 2. The quantitative estimate of drug-likeness (QED) is 0.283. The van der Waals surface area contributed by atoms with Gasteiger partial charge in [-0.15, -0.1) is 0 Å². The summed E-state index contributed by atoms with van der Waals surface area (Å²) in [6, 6.07) is 10.4. The summed E-state index contributed by atoms with van der Waals surface area (Å²) in [4.78, 5) is 47.7. The third-order valence-electron chi connectivity index (χ3n) is 4.55. The lowest BCUT2D eigenvalue weighted by atomic mass is 10.0. The molecule has 2 rings (SSSR count). The Morgan fingerprint density at radius 3 is 2.36 bits per heavy atom. The van der Waals surface area contributed by atoms with Crippen molar-refractivity contribution in [2.45, 2.75) is 26.3 Å². The molecule has 1 atom stereocenters. The SMILES string of the molecule is COc1ccc(C(=O)N/C(=C/c2cccc([N+](=O)[O-])c2)C(=O)N[C@H](CC(C)C)C(=O)O)cc1. The molecule has 174 valence electrons. The molecule has 2 aromatic carbocycles. The molecule has 2 amide bonds. The molecule has 0 bridgehead atoms. The van der Waals surface area contributed by atoms with Crippen LogP contribution in [0, 0.1) is 16.0 Å². The number of aliphatic carboxylic acids is 1. The predicted molar refractivity (Wildman–Crippen MR) is 121 cm³/mol. The van der Waals surface area contributed by atoms with Crippen LogP contribution in [0.5, 0.6) is 5.75 Å². The van der Waals surface area contributed by atoms with Gasteiger partial charge in [-0.1, -0.05) is 26.0 Å². The number of methoxy groups -OCH3 is 1. The molecule has 3 N–H and O–H groups in total. The Balaban J connectivity index is 2.38. The summed E-state index contributed by atoms with van der Waals surface area (Å²) in [5, 5.41) is 25.4. The van der Waals surface area contributed by atoms with Crippen molar-refractivity contribution in [1.29, 1.82) is 0 Å². The van der Waals surface area contributed by atoms with Crippen LogP contribution in [0.25, 0.3) is 6.08 Å². The van der Waals surface area contributed by atoms with Crippen LogP contribution in [0.15, 0.2) is 54.2 Å². The molecule has 0 saturated heterocycles. The molecule has 10 nitrogen and oxygen atoms in total. The molecule has 0 aliphatic rings. The number of nitrogens with one attached hydrogen (secondary N) is 2. The first-order valence-corrected chi connectivity index (χ1v) is 10.1. The lowest BCUT2D eigenvalue weighted by molar-refractivity contribution is -0.384. The second-order valence-corrected chi connectivity index (χ2v) is 7.59. The second-order valence-electron chi connectivity index (χ2n) is 7.59. The van der Waals surface area contributed by atoms with E-state index >= 15 is 0 Å². The average molecular weight is 455 g/mol. The first kappa shape index (κ1) is 25.1. The maximum atomic E-state index is 12.9. The zero-order valence-electron chi connectivity index (χ0n) is 18.4. The number of hydrogen-bond acceptors (Lipinski definition) is 6. The third-order valence-corrected chi connectivity index (χ3v) is 4.55. The lowest BCUT2D eigenvalue weighted by Gasteiger charge is -2.18. The summed E-state index contributed by atoms with van der Waals surface area (Å²) in [6.45, 7) is 3.63. The highest BCUT2D eigenvalue weighted by Gasteiger charge is 2.24. The van der Waals surface area contributed by atoms with Gasteiger partial charge in [-0.3, -0.25) is 19.7 Å². The summed E-state index contributed by atoms with van der Waals surface area (Å²) in [5.74, 6) is -2.15. The fourth-order valence-corrected chi connectivity index (χ4v) is 2.92. The van der Waals surface area contributed by atoms with Gasteiger partial charge in [-0.25, -0.2) is 4.79 Å². The van der Waals surface area contributed by atoms with Gasteiger partial charge >= 0.3 is 5.97 Å². The Morgan fingerprint density at radius 2 is 1.82 bits per heavy atom. The van der Waals surface area contributed by atoms with Gasteiger partial charge in [0, 0.05) is 17.7 Å². The van der Waals surface area contributed by atoms with Crippen LogP contribution in [-0.2, 0) is 9.59 Å². The maximum absolute atomic E-state index is 12.9. The summed E-state index contributed by atoms with van der Waals surface area (Å²) in [7, 11) is 1.48. The molecule has 0 fully saturated rings. The zero-order chi connectivity index (χ0) is 24.5. The molecule has 0 spiro atoms. The lowest BCUT2D eigenvalue weighted by Crippen LogP contribution is -2.45. The molecule has 10 heteroatoms. The summed E-state index contributed by atoms with van der Waals surface area (Å²) >= 11 is 0. The number of ether oxygens (including phenoxy) is 1. The number of nitro benzene ring substituents is 1. The largest absolute Gasteiger partial charge is 0.497 e. The van der Waals surface area contributed by atoms with Crippen LogP contribution in [0.2, 0.25) is 0 Å². The van der Waals surface area contributed by atoms with Crippen molar-refractivity contribution in [3.63, 3.8) is 0 Å². The van der Waals surface area contributed by atoms with Crippen molar-refractivity contribution in [1.82, 2.24) is 10.6 Å². The Kier molecular flexibility index (Phi) is 8.67. The monoisotopic (exact) mass is 455 g/mol. The number of nitro groups is 1. The molecule has 0 aliphatic heterocycles. The van der Waals surface area contributed by atoms with E-state index in [4.69, 9.17) is 4.74 Å². The van der Waals surface area contributed by atoms with E-state index < -0.39 is 28.7 Å². The number of carboxylic acids is 1. The Morgan fingerprint density at radius 1 is 1.15 bits per heavy atom. The summed E-state index contributed by atoms with van der Waals surface area (Å²) < 4.78 is 5.06. The van der Waals surface area contributed by atoms with Gasteiger partial charge in [0.05, 0.1) is 12.0 Å². The highest BCUT2D eigenvalue weighted by atomic mass is 16.6. The van der Waals surface area contributed by atoms with Gasteiger partial charge < -0.3 is 20.5 Å². The van der Waals surface area contributed by atoms with Crippen LogP contribution in [0.4, 0.5) is 5.69 Å². The number of carboxylic acid groups (broad SMARTS) is 1. The van der Waals surface area contributed by atoms with Gasteiger partial charge in [0.15, 0.2) is 0 Å². The van der Waals surface area contributed by atoms with Gasteiger partial charge in [0.2, 0.25) is 0 Å². The van der Waals surface area contributed by atoms with E-state index in [9.17, 15) is 29.6 Å². The smallest absolute Gasteiger partial charge is 0.326 e. The van der Waals surface area contributed by atoms with Crippen LogP contribution < -0.4 is 15.4 Å². The highest BCUT2D eigenvalue weighted by molar-refractivity contribution is 6.06. The third kappa shape index (κ3) is 7.46. The average Bonchev–Trinajstić information content (AvgIpc) is 2.77. The van der Waals surface area contributed by atoms with Crippen LogP contribution >= 0.6 is 0 Å². The summed E-state index contributed by atoms with van der Waals surface area (Å²) in [6.07, 6.45) is 1.43. The van der Waals surface area contributed by atoms with Crippen LogP contribution in [-0.4, -0.2) is 41.0 Å². The molecule has 0 aliphatic carbocycles. The van der Waals surface area contributed by atoms with Crippen LogP contribution in [0.1, 0.15) is 36.2 Å². The van der Waals surface area contributed by atoms with Gasteiger partial charge in [-0.2, -0.15) is 0 Å². The number of rotatable bonds is 10. The fraction of sp³-hybridized carbons (Fsp3) is 0.261. The molecule has 0 heterocycles. The number of non-ortho nitro benzene ring substituents is 1. The Bertz CT molecular complexity index is 1060. The molecular weight excluding hydrogens is 430 g/mol. The van der Waals surface area contributed by atoms with Crippen molar-refractivity contribution in [3.8, 4) is 5.75 Å². The topological polar surface area (TPSA) is 148 Å². The fourth-order valence-electron chi connectivity index (χ4n) is 2.92. The van der Waals surface area contributed by atoms with E-state index in [1.54, 1.807) is 12.1 Å². The minimum absolute atomic E-state index is 0.00973. The second kappa shape index (κ2) is 11.4. The molecule has 2 aromatic rings. The first-order valence-electron chi connectivity index (χ1n) is 10.1. The van der Waals surface area contributed by atoms with Gasteiger partial charge in [0.1, 0.15) is 17.5 Å². The zero-order valence-corrected chi connectivity index (χ0v) is 18.4. The van der Waals surface area contributed by atoms with Crippen molar-refractivity contribution >= 4 is 29.5 Å². The van der Waals surface area contributed by atoms with Gasteiger partial charge in [-0.05, 0) is 48.2 Å². The van der Waals surface area contributed by atoms with Crippen molar-refractivity contribution in [2.24, 2.45) is 5.92 Å². The predicted octanol–water partition coefficient (Wildman–Crippen LogP) is 2.99. The standard InChI is InChI=1S/C23H25N3O7/c1-14(2)11-20(23(29)30)25-22(28)19(13-15-5-4-6-17(12-15)26(31)32)24-21(27)16-7-9-18(33-3)10-8-16/h4-10,12-14,20H,11H2,1-3H3,(H,24,27)(H,25,28)(H,29,30)/b19-13+/t20-/m1/s1.